The predicted octanol–water partition coefficient (Wildman–Crippen LogP) is 4.14. The van der Waals surface area contributed by atoms with Crippen molar-refractivity contribution >= 4 is 24.8 Å². The minimum atomic E-state index is 0. The van der Waals surface area contributed by atoms with Gasteiger partial charge in [-0.15, -0.1) is 24.8 Å². The highest BCUT2D eigenvalue weighted by Gasteiger charge is 2.32. The first kappa shape index (κ1) is 25.3. The molecule has 3 aromatic rings. The van der Waals surface area contributed by atoms with Gasteiger partial charge in [0.2, 0.25) is 0 Å². The molecule has 0 amide bonds. The van der Waals surface area contributed by atoms with E-state index in [-0.39, 0.29) is 37.0 Å². The standard InChI is InChI=1S/C22H30N6O.2ClH/c1-2-12-29-20-13-17(8-9-19(20)23)22-26-21(16-6-4-3-5-7-16)27-28(22)11-10-18-14-24-15-25-18;;/h3-7,14-15,17,19-20H,2,8-13,23H2,1H3,(H,24,25);2*1H/t17-,19-,20-;;/m0../s1. The molecule has 0 radical (unpaired) electrons. The second kappa shape index (κ2) is 12.2. The molecule has 3 atom stereocenters. The fourth-order valence-corrected chi connectivity index (χ4v) is 4.03. The number of aryl methyl sites for hydroxylation is 2. The van der Waals surface area contributed by atoms with Crippen LogP contribution in [0.5, 0.6) is 0 Å². The average molecular weight is 467 g/mol. The zero-order valence-electron chi connectivity index (χ0n) is 17.8. The number of hydrogen-bond donors (Lipinski definition) is 2. The zero-order valence-corrected chi connectivity index (χ0v) is 19.4. The van der Waals surface area contributed by atoms with Crippen LogP contribution in [-0.2, 0) is 17.7 Å². The molecule has 0 unspecified atom stereocenters. The molecule has 0 spiro atoms. The Bertz CT molecular complexity index is 887. The van der Waals surface area contributed by atoms with Crippen molar-refractivity contribution in [1.29, 1.82) is 0 Å². The number of benzene rings is 1. The van der Waals surface area contributed by atoms with Crippen molar-refractivity contribution < 1.29 is 4.74 Å². The van der Waals surface area contributed by atoms with Gasteiger partial charge in [-0.3, -0.25) is 0 Å². The molecule has 9 heteroatoms. The van der Waals surface area contributed by atoms with Crippen LogP contribution in [0.25, 0.3) is 11.4 Å². The van der Waals surface area contributed by atoms with Crippen LogP contribution < -0.4 is 5.73 Å². The molecule has 3 N–H and O–H groups in total. The molecule has 2 aromatic heterocycles. The molecule has 1 aliphatic rings. The smallest absolute Gasteiger partial charge is 0.181 e. The van der Waals surface area contributed by atoms with E-state index >= 15 is 0 Å². The molecule has 1 aliphatic carbocycles. The summed E-state index contributed by atoms with van der Waals surface area (Å²) in [6.07, 6.45) is 8.38. The lowest BCUT2D eigenvalue weighted by Gasteiger charge is -2.33. The van der Waals surface area contributed by atoms with Gasteiger partial charge in [0.1, 0.15) is 5.82 Å². The number of aromatic nitrogens is 5. The van der Waals surface area contributed by atoms with Crippen molar-refractivity contribution in [2.75, 3.05) is 6.61 Å². The van der Waals surface area contributed by atoms with E-state index in [4.69, 9.17) is 20.6 Å². The molecule has 1 fully saturated rings. The summed E-state index contributed by atoms with van der Waals surface area (Å²) in [5, 5.41) is 4.86. The fraction of sp³-hybridized carbons (Fsp3) is 0.500. The largest absolute Gasteiger partial charge is 0.377 e. The lowest BCUT2D eigenvalue weighted by molar-refractivity contribution is 0.00861. The maximum atomic E-state index is 6.34. The maximum absolute atomic E-state index is 6.34. The van der Waals surface area contributed by atoms with Crippen molar-refractivity contribution in [2.24, 2.45) is 5.73 Å². The van der Waals surface area contributed by atoms with Gasteiger partial charge in [-0.2, -0.15) is 5.10 Å². The minimum Gasteiger partial charge on any atom is -0.377 e. The van der Waals surface area contributed by atoms with E-state index in [2.05, 4.69) is 33.7 Å². The number of imidazole rings is 1. The number of aromatic amines is 1. The molecule has 2 heterocycles. The number of nitrogens with one attached hydrogen (secondary N) is 1. The first-order valence-corrected chi connectivity index (χ1v) is 10.6. The van der Waals surface area contributed by atoms with Crippen molar-refractivity contribution in [3.05, 3.63) is 54.4 Å². The van der Waals surface area contributed by atoms with Gasteiger partial charge in [-0.1, -0.05) is 37.3 Å². The summed E-state index contributed by atoms with van der Waals surface area (Å²) in [5.41, 5.74) is 8.48. The molecule has 1 aromatic carbocycles. The normalized spacial score (nSPS) is 20.6. The van der Waals surface area contributed by atoms with E-state index in [9.17, 15) is 0 Å². The number of nitrogens with zero attached hydrogens (tertiary/aromatic N) is 4. The maximum Gasteiger partial charge on any atom is 0.181 e. The third-order valence-electron chi connectivity index (χ3n) is 5.62. The lowest BCUT2D eigenvalue weighted by atomic mass is 9.83. The molecule has 170 valence electrons. The summed E-state index contributed by atoms with van der Waals surface area (Å²) in [4.78, 5) is 12.3. The number of H-pyrrole nitrogens is 1. The van der Waals surface area contributed by atoms with Crippen molar-refractivity contribution in [1.82, 2.24) is 24.7 Å². The number of halogens is 2. The summed E-state index contributed by atoms with van der Waals surface area (Å²) in [5.74, 6) is 2.13. The van der Waals surface area contributed by atoms with E-state index in [1.165, 1.54) is 0 Å². The van der Waals surface area contributed by atoms with Crippen LogP contribution in [0.15, 0.2) is 42.9 Å². The summed E-state index contributed by atoms with van der Waals surface area (Å²) in [6.45, 7) is 3.65. The Morgan fingerprint density at radius 2 is 2.00 bits per heavy atom. The van der Waals surface area contributed by atoms with Crippen LogP contribution in [-0.4, -0.2) is 43.5 Å². The number of rotatable bonds is 8. The second-order valence-corrected chi connectivity index (χ2v) is 7.79. The molecule has 1 saturated carbocycles. The molecule has 0 aliphatic heterocycles. The van der Waals surface area contributed by atoms with Gasteiger partial charge in [0.15, 0.2) is 5.82 Å². The Balaban J connectivity index is 0.00000171. The quantitative estimate of drug-likeness (QED) is 0.519. The first-order chi connectivity index (χ1) is 14.2. The molecule has 31 heavy (non-hydrogen) atoms. The van der Waals surface area contributed by atoms with Gasteiger partial charge in [0.05, 0.1) is 12.4 Å². The zero-order chi connectivity index (χ0) is 20.1. The van der Waals surface area contributed by atoms with Crippen molar-refractivity contribution in [2.45, 2.75) is 63.6 Å². The van der Waals surface area contributed by atoms with Gasteiger partial charge < -0.3 is 15.5 Å². The fourth-order valence-electron chi connectivity index (χ4n) is 4.03. The SMILES string of the molecule is CCCO[C@H]1C[C@@H](c2nc(-c3ccccc3)nn2CCc2cnc[nH]2)CC[C@@H]1N.Cl.Cl. The van der Waals surface area contributed by atoms with Crippen LogP contribution in [0.3, 0.4) is 0 Å². The third kappa shape index (κ3) is 6.29. The van der Waals surface area contributed by atoms with E-state index in [0.717, 1.165) is 68.2 Å². The Hall–Kier alpha value is -1.93. The molecule has 4 rings (SSSR count). The van der Waals surface area contributed by atoms with Gasteiger partial charge in [-0.25, -0.2) is 14.6 Å². The molecule has 0 bridgehead atoms. The summed E-state index contributed by atoms with van der Waals surface area (Å²) in [6, 6.07) is 10.3. The Kier molecular flexibility index (Phi) is 9.96. The summed E-state index contributed by atoms with van der Waals surface area (Å²) >= 11 is 0. The van der Waals surface area contributed by atoms with Crippen molar-refractivity contribution in [3.63, 3.8) is 0 Å². The number of nitrogens with two attached hydrogens (primary N) is 1. The van der Waals surface area contributed by atoms with Crippen LogP contribution in [0.4, 0.5) is 0 Å². The monoisotopic (exact) mass is 466 g/mol. The number of hydrogen-bond acceptors (Lipinski definition) is 5. The van der Waals surface area contributed by atoms with E-state index in [0.29, 0.717) is 5.92 Å². The minimum absolute atomic E-state index is 0. The van der Waals surface area contributed by atoms with Crippen LogP contribution >= 0.6 is 24.8 Å². The summed E-state index contributed by atoms with van der Waals surface area (Å²) < 4.78 is 8.12. The van der Waals surface area contributed by atoms with E-state index in [1.54, 1.807) is 6.33 Å². The van der Waals surface area contributed by atoms with Gasteiger partial charge in [-0.05, 0) is 25.7 Å². The second-order valence-electron chi connectivity index (χ2n) is 7.79. The molecule has 7 nitrogen and oxygen atoms in total. The van der Waals surface area contributed by atoms with Crippen molar-refractivity contribution in [3.8, 4) is 11.4 Å². The first-order valence-electron chi connectivity index (χ1n) is 10.6. The van der Waals surface area contributed by atoms with Crippen LogP contribution in [0.2, 0.25) is 0 Å². The Morgan fingerprint density at radius 3 is 2.71 bits per heavy atom. The highest BCUT2D eigenvalue weighted by atomic mass is 35.5. The highest BCUT2D eigenvalue weighted by molar-refractivity contribution is 5.85. The van der Waals surface area contributed by atoms with E-state index < -0.39 is 0 Å². The summed E-state index contributed by atoms with van der Waals surface area (Å²) in [7, 11) is 0. The predicted molar refractivity (Wildman–Crippen MR) is 127 cm³/mol. The van der Waals surface area contributed by atoms with Gasteiger partial charge in [0.25, 0.3) is 0 Å². The third-order valence-corrected chi connectivity index (χ3v) is 5.62. The van der Waals surface area contributed by atoms with Crippen LogP contribution in [0.1, 0.15) is 50.0 Å². The number of ether oxygens (including phenoxy) is 1. The van der Waals surface area contributed by atoms with Crippen LogP contribution in [0, 0.1) is 0 Å². The topological polar surface area (TPSA) is 94.6 Å². The molecular weight excluding hydrogens is 435 g/mol. The highest BCUT2D eigenvalue weighted by Crippen LogP contribution is 2.34. The van der Waals surface area contributed by atoms with Gasteiger partial charge >= 0.3 is 0 Å². The molecular formula is C22H32Cl2N6O. The average Bonchev–Trinajstić information content (AvgIpc) is 3.42. The Morgan fingerprint density at radius 1 is 1.19 bits per heavy atom. The van der Waals surface area contributed by atoms with Gasteiger partial charge in [0, 0.05) is 49.0 Å². The lowest BCUT2D eigenvalue weighted by Crippen LogP contribution is -2.42. The van der Waals surface area contributed by atoms with E-state index in [1.807, 2.05) is 24.4 Å². The Labute approximate surface area is 196 Å². The molecule has 0 saturated heterocycles.